The van der Waals surface area contributed by atoms with E-state index in [1.165, 1.54) is 0 Å². The van der Waals surface area contributed by atoms with Crippen molar-refractivity contribution in [3.05, 3.63) is 70.3 Å². The first-order chi connectivity index (χ1) is 12.0. The second-order valence-corrected chi connectivity index (χ2v) is 6.18. The highest BCUT2D eigenvalue weighted by Crippen LogP contribution is 2.14. The van der Waals surface area contributed by atoms with Crippen molar-refractivity contribution in [3.63, 3.8) is 0 Å². The van der Waals surface area contributed by atoms with Crippen molar-refractivity contribution >= 4 is 23.1 Å². The van der Waals surface area contributed by atoms with E-state index in [4.69, 9.17) is 0 Å². The van der Waals surface area contributed by atoms with Gasteiger partial charge in [0.15, 0.2) is 0 Å². The summed E-state index contributed by atoms with van der Waals surface area (Å²) in [5.41, 5.74) is 1.49. The summed E-state index contributed by atoms with van der Waals surface area (Å²) < 4.78 is 1.70. The molecule has 3 aromatic rings. The summed E-state index contributed by atoms with van der Waals surface area (Å²) in [6.45, 7) is 1.30. The highest BCUT2D eigenvalue weighted by atomic mass is 16.3. The minimum atomic E-state index is -0.0389. The van der Waals surface area contributed by atoms with Gasteiger partial charge in [0.2, 0.25) is 0 Å². The summed E-state index contributed by atoms with van der Waals surface area (Å²) >= 11 is 0. The molecule has 0 radical (unpaired) electrons. The van der Waals surface area contributed by atoms with Crippen molar-refractivity contribution in [2.45, 2.75) is 6.54 Å². The fraction of sp³-hybridized carbons (Fsp3) is 0.200. The topological polar surface area (TPSA) is 58.4 Å². The molecule has 1 N–H and O–H groups in total. The first-order valence-corrected chi connectivity index (χ1v) is 8.16. The Bertz CT molecular complexity index is 974. The molecule has 0 unspecified atom stereocenters. The number of rotatable bonds is 5. The molecule has 1 heterocycles. The molecule has 0 saturated carbocycles. The van der Waals surface area contributed by atoms with Crippen molar-refractivity contribution in [1.29, 1.82) is 0 Å². The van der Waals surface area contributed by atoms with E-state index in [0.29, 0.717) is 23.3 Å². The Morgan fingerprint density at radius 1 is 1.12 bits per heavy atom. The standard InChI is InChI=1S/C20H21N3O2/c1-22(2)12-13-23-19(11-10-15-6-5-7-16(24)14-15)21-18-9-4-3-8-17(18)20(23)25/h3-11,14,24H,12-13H2,1-2H3/b11-10+. The summed E-state index contributed by atoms with van der Waals surface area (Å²) in [4.78, 5) is 19.5. The Kier molecular flexibility index (Phi) is 4.95. The van der Waals surface area contributed by atoms with E-state index in [0.717, 1.165) is 12.1 Å². The molecule has 0 saturated heterocycles. The van der Waals surface area contributed by atoms with Crippen LogP contribution in [0.2, 0.25) is 0 Å². The molecule has 0 bridgehead atoms. The molecular formula is C20H21N3O2. The summed E-state index contributed by atoms with van der Waals surface area (Å²) in [7, 11) is 3.95. The van der Waals surface area contributed by atoms with Crippen LogP contribution >= 0.6 is 0 Å². The van der Waals surface area contributed by atoms with Gasteiger partial charge < -0.3 is 10.0 Å². The van der Waals surface area contributed by atoms with Crippen LogP contribution in [-0.4, -0.2) is 40.2 Å². The summed E-state index contributed by atoms with van der Waals surface area (Å²) in [6, 6.07) is 14.3. The molecule has 0 fully saturated rings. The Morgan fingerprint density at radius 3 is 2.68 bits per heavy atom. The largest absolute Gasteiger partial charge is 0.508 e. The van der Waals surface area contributed by atoms with Crippen LogP contribution in [0.5, 0.6) is 5.75 Å². The third-order valence-corrected chi connectivity index (χ3v) is 3.96. The van der Waals surface area contributed by atoms with Gasteiger partial charge in [-0.25, -0.2) is 4.98 Å². The fourth-order valence-electron chi connectivity index (χ4n) is 2.63. The summed E-state index contributed by atoms with van der Waals surface area (Å²) in [5, 5.41) is 10.2. The quantitative estimate of drug-likeness (QED) is 0.779. The number of likely N-dealkylation sites (N-methyl/N-ethyl adjacent to an activating group) is 1. The average molecular weight is 335 g/mol. The third kappa shape index (κ3) is 3.95. The highest BCUT2D eigenvalue weighted by Gasteiger charge is 2.09. The monoisotopic (exact) mass is 335 g/mol. The van der Waals surface area contributed by atoms with Crippen LogP contribution in [0.15, 0.2) is 53.3 Å². The summed E-state index contributed by atoms with van der Waals surface area (Å²) in [5.74, 6) is 0.813. The number of para-hydroxylation sites is 1. The van der Waals surface area contributed by atoms with Crippen molar-refractivity contribution in [2.24, 2.45) is 0 Å². The normalized spacial score (nSPS) is 11.6. The van der Waals surface area contributed by atoms with Crippen LogP contribution in [0.25, 0.3) is 23.1 Å². The van der Waals surface area contributed by atoms with Crippen LogP contribution in [0.4, 0.5) is 0 Å². The van der Waals surface area contributed by atoms with Gasteiger partial charge in [0, 0.05) is 13.1 Å². The number of phenolic OH excluding ortho intramolecular Hbond substituents is 1. The zero-order valence-corrected chi connectivity index (χ0v) is 14.4. The number of hydrogen-bond acceptors (Lipinski definition) is 4. The Morgan fingerprint density at radius 2 is 1.92 bits per heavy atom. The molecule has 0 amide bonds. The van der Waals surface area contributed by atoms with Gasteiger partial charge in [-0.15, -0.1) is 0 Å². The molecule has 1 aromatic heterocycles. The van der Waals surface area contributed by atoms with Gasteiger partial charge in [-0.05, 0) is 50.0 Å². The number of fused-ring (bicyclic) bond motifs is 1. The first kappa shape index (κ1) is 16.9. The molecule has 5 heteroatoms. The van der Waals surface area contributed by atoms with E-state index in [2.05, 4.69) is 4.98 Å². The molecule has 0 aliphatic rings. The van der Waals surface area contributed by atoms with Crippen LogP contribution in [0.1, 0.15) is 11.4 Å². The van der Waals surface area contributed by atoms with Crippen molar-refractivity contribution in [3.8, 4) is 5.75 Å². The predicted molar refractivity (Wildman–Crippen MR) is 102 cm³/mol. The number of nitrogens with zero attached hydrogens (tertiary/aromatic N) is 3. The molecule has 3 rings (SSSR count). The second-order valence-electron chi connectivity index (χ2n) is 6.18. The molecule has 25 heavy (non-hydrogen) atoms. The lowest BCUT2D eigenvalue weighted by atomic mass is 10.2. The van der Waals surface area contributed by atoms with Gasteiger partial charge in [-0.1, -0.05) is 30.3 Å². The average Bonchev–Trinajstić information content (AvgIpc) is 2.59. The van der Waals surface area contributed by atoms with Crippen molar-refractivity contribution in [1.82, 2.24) is 14.5 Å². The number of aromatic nitrogens is 2. The number of aromatic hydroxyl groups is 1. The predicted octanol–water partition coefficient (Wildman–Crippen LogP) is 2.83. The number of phenols is 1. The smallest absolute Gasteiger partial charge is 0.261 e. The van der Waals surface area contributed by atoms with Crippen LogP contribution in [-0.2, 0) is 6.54 Å². The van der Waals surface area contributed by atoms with E-state index in [9.17, 15) is 9.90 Å². The molecule has 2 aromatic carbocycles. The first-order valence-electron chi connectivity index (χ1n) is 8.16. The molecule has 0 atom stereocenters. The molecule has 128 valence electrons. The molecule has 0 aliphatic carbocycles. The van der Waals surface area contributed by atoms with E-state index in [1.807, 2.05) is 55.4 Å². The maximum Gasteiger partial charge on any atom is 0.261 e. The Balaban J connectivity index is 2.08. The second kappa shape index (κ2) is 7.32. The maximum atomic E-state index is 12.9. The van der Waals surface area contributed by atoms with Crippen molar-refractivity contribution in [2.75, 3.05) is 20.6 Å². The van der Waals surface area contributed by atoms with Gasteiger partial charge in [0.1, 0.15) is 11.6 Å². The van der Waals surface area contributed by atoms with E-state index < -0.39 is 0 Å². The van der Waals surface area contributed by atoms with Gasteiger partial charge in [0.25, 0.3) is 5.56 Å². The molecule has 0 aliphatic heterocycles. The van der Waals surface area contributed by atoms with Gasteiger partial charge in [-0.2, -0.15) is 0 Å². The Hall–Kier alpha value is -2.92. The number of hydrogen-bond donors (Lipinski definition) is 1. The maximum absolute atomic E-state index is 12.9. The van der Waals surface area contributed by atoms with E-state index in [-0.39, 0.29) is 11.3 Å². The fourth-order valence-corrected chi connectivity index (χ4v) is 2.63. The Labute approximate surface area is 146 Å². The SMILES string of the molecule is CN(C)CCn1c(/C=C/c2cccc(O)c2)nc2ccccc2c1=O. The minimum Gasteiger partial charge on any atom is -0.508 e. The van der Waals surface area contributed by atoms with Crippen LogP contribution < -0.4 is 5.56 Å². The van der Waals surface area contributed by atoms with Gasteiger partial charge in [-0.3, -0.25) is 9.36 Å². The molecular weight excluding hydrogens is 314 g/mol. The lowest BCUT2D eigenvalue weighted by Crippen LogP contribution is -2.29. The van der Waals surface area contributed by atoms with E-state index >= 15 is 0 Å². The summed E-state index contributed by atoms with van der Waals surface area (Å²) in [6.07, 6.45) is 3.67. The van der Waals surface area contributed by atoms with Crippen LogP contribution in [0, 0.1) is 0 Å². The zero-order valence-electron chi connectivity index (χ0n) is 14.4. The molecule has 0 spiro atoms. The zero-order chi connectivity index (χ0) is 17.8. The van der Waals surface area contributed by atoms with Crippen molar-refractivity contribution < 1.29 is 5.11 Å². The van der Waals surface area contributed by atoms with E-state index in [1.54, 1.807) is 28.8 Å². The lowest BCUT2D eigenvalue weighted by molar-refractivity contribution is 0.379. The number of benzene rings is 2. The van der Waals surface area contributed by atoms with Gasteiger partial charge in [0.05, 0.1) is 10.9 Å². The van der Waals surface area contributed by atoms with Crippen LogP contribution in [0.3, 0.4) is 0 Å². The highest BCUT2D eigenvalue weighted by molar-refractivity contribution is 5.79. The third-order valence-electron chi connectivity index (χ3n) is 3.96. The van der Waals surface area contributed by atoms with Gasteiger partial charge >= 0.3 is 0 Å². The minimum absolute atomic E-state index is 0.0389. The lowest BCUT2D eigenvalue weighted by Gasteiger charge is -2.14. The molecule has 5 nitrogen and oxygen atoms in total.